The first-order chi connectivity index (χ1) is 13.4. The van der Waals surface area contributed by atoms with Crippen LogP contribution < -0.4 is 14.8 Å². The molecule has 8 heteroatoms. The molecule has 8 nitrogen and oxygen atoms in total. The third-order valence-electron chi connectivity index (χ3n) is 5.03. The van der Waals surface area contributed by atoms with Crippen molar-refractivity contribution in [1.82, 2.24) is 4.90 Å². The topological polar surface area (TPSA) is 93.9 Å². The number of hydrogen-bond acceptors (Lipinski definition) is 6. The van der Waals surface area contributed by atoms with Gasteiger partial charge in [0.15, 0.2) is 11.5 Å². The van der Waals surface area contributed by atoms with Gasteiger partial charge in [-0.05, 0) is 42.7 Å². The van der Waals surface area contributed by atoms with Crippen LogP contribution in [0, 0.1) is 10.1 Å². The number of methoxy groups -OCH3 is 2. The van der Waals surface area contributed by atoms with Gasteiger partial charge in [0.25, 0.3) is 5.69 Å². The molecule has 1 heterocycles. The summed E-state index contributed by atoms with van der Waals surface area (Å²) in [4.78, 5) is 25.4. The van der Waals surface area contributed by atoms with E-state index in [4.69, 9.17) is 9.47 Å². The minimum Gasteiger partial charge on any atom is -0.493 e. The highest BCUT2D eigenvalue weighted by molar-refractivity contribution is 5.96. The highest BCUT2D eigenvalue weighted by atomic mass is 16.6. The predicted octanol–water partition coefficient (Wildman–Crippen LogP) is 3.00. The summed E-state index contributed by atoms with van der Waals surface area (Å²) < 4.78 is 10.7. The van der Waals surface area contributed by atoms with Gasteiger partial charge < -0.3 is 14.8 Å². The van der Waals surface area contributed by atoms with Crippen molar-refractivity contribution >= 4 is 17.3 Å². The number of amides is 1. The van der Waals surface area contributed by atoms with Gasteiger partial charge in [0.05, 0.1) is 25.2 Å². The number of ether oxygens (including phenoxy) is 2. The van der Waals surface area contributed by atoms with Crippen LogP contribution in [0.3, 0.4) is 0 Å². The van der Waals surface area contributed by atoms with Crippen LogP contribution in [0.2, 0.25) is 0 Å². The zero-order chi connectivity index (χ0) is 20.3. The Labute approximate surface area is 163 Å². The first kappa shape index (κ1) is 19.6. The first-order valence-corrected chi connectivity index (χ1v) is 8.96. The van der Waals surface area contributed by atoms with Crippen molar-refractivity contribution in [1.29, 1.82) is 0 Å². The maximum Gasteiger partial charge on any atom is 0.292 e. The molecule has 2 aromatic carbocycles. The smallest absolute Gasteiger partial charge is 0.292 e. The average Bonchev–Trinajstić information content (AvgIpc) is 2.71. The van der Waals surface area contributed by atoms with E-state index in [-0.39, 0.29) is 17.3 Å². The standard InChI is InChI=1S/C20H23N3O5/c1-13(20(24)21-16-6-4-5-7-17(16)23(25)26)22-9-8-14-10-18(27-2)19(28-3)11-15(14)12-22/h4-7,10-11,13H,8-9,12H2,1-3H3,(H,21,24)/t13-/m1/s1. The van der Waals surface area contributed by atoms with E-state index in [0.717, 1.165) is 12.0 Å². The molecular formula is C20H23N3O5. The molecule has 148 valence electrons. The molecule has 0 saturated heterocycles. The fraction of sp³-hybridized carbons (Fsp3) is 0.350. The molecule has 3 rings (SSSR count). The number of nitrogens with zero attached hydrogens (tertiary/aromatic N) is 2. The molecule has 0 aromatic heterocycles. The van der Waals surface area contributed by atoms with E-state index in [9.17, 15) is 14.9 Å². The second kappa shape index (κ2) is 8.26. The Morgan fingerprint density at radius 1 is 1.18 bits per heavy atom. The summed E-state index contributed by atoms with van der Waals surface area (Å²) in [5.74, 6) is 1.07. The minimum atomic E-state index is -0.503. The maximum absolute atomic E-state index is 12.7. The molecule has 2 aromatic rings. The molecule has 1 atom stereocenters. The number of anilines is 1. The molecule has 1 N–H and O–H groups in total. The molecule has 0 saturated carbocycles. The van der Waals surface area contributed by atoms with Crippen molar-refractivity contribution in [3.05, 3.63) is 57.6 Å². The van der Waals surface area contributed by atoms with E-state index in [0.29, 0.717) is 24.6 Å². The molecule has 1 aliphatic rings. The van der Waals surface area contributed by atoms with E-state index < -0.39 is 11.0 Å². The minimum absolute atomic E-state index is 0.121. The Balaban J connectivity index is 1.75. The zero-order valence-electron chi connectivity index (χ0n) is 16.1. The largest absolute Gasteiger partial charge is 0.493 e. The van der Waals surface area contributed by atoms with Crippen molar-refractivity contribution in [2.75, 3.05) is 26.1 Å². The number of carbonyl (C=O) groups excluding carboxylic acids is 1. The van der Waals surface area contributed by atoms with Gasteiger partial charge in [-0.2, -0.15) is 0 Å². The Morgan fingerprint density at radius 2 is 1.82 bits per heavy atom. The number of benzene rings is 2. The van der Waals surface area contributed by atoms with Crippen LogP contribution in [0.15, 0.2) is 36.4 Å². The number of carbonyl (C=O) groups is 1. The molecule has 1 amide bonds. The third-order valence-corrected chi connectivity index (χ3v) is 5.03. The number of nitro groups is 1. The molecule has 0 bridgehead atoms. The average molecular weight is 385 g/mol. The van der Waals surface area contributed by atoms with Gasteiger partial charge >= 0.3 is 0 Å². The second-order valence-electron chi connectivity index (χ2n) is 6.64. The lowest BCUT2D eigenvalue weighted by molar-refractivity contribution is -0.383. The maximum atomic E-state index is 12.7. The highest BCUT2D eigenvalue weighted by Crippen LogP contribution is 2.33. The highest BCUT2D eigenvalue weighted by Gasteiger charge is 2.27. The quantitative estimate of drug-likeness (QED) is 0.607. The summed E-state index contributed by atoms with van der Waals surface area (Å²) in [6.45, 7) is 3.09. The number of fused-ring (bicyclic) bond motifs is 1. The Hall–Kier alpha value is -3.13. The van der Waals surface area contributed by atoms with Gasteiger partial charge in [-0.15, -0.1) is 0 Å². The van der Waals surface area contributed by atoms with E-state index in [1.807, 2.05) is 17.0 Å². The number of hydrogen-bond donors (Lipinski definition) is 1. The number of rotatable bonds is 6. The first-order valence-electron chi connectivity index (χ1n) is 8.96. The lowest BCUT2D eigenvalue weighted by Crippen LogP contribution is -2.44. The van der Waals surface area contributed by atoms with E-state index in [1.165, 1.54) is 17.7 Å². The van der Waals surface area contributed by atoms with Crippen molar-refractivity contribution in [3.63, 3.8) is 0 Å². The summed E-state index contributed by atoms with van der Waals surface area (Å²) >= 11 is 0. The van der Waals surface area contributed by atoms with Crippen molar-refractivity contribution in [2.45, 2.75) is 25.9 Å². The van der Waals surface area contributed by atoms with Crippen LogP contribution in [0.5, 0.6) is 11.5 Å². The van der Waals surface area contributed by atoms with Crippen LogP contribution >= 0.6 is 0 Å². The molecule has 28 heavy (non-hydrogen) atoms. The van der Waals surface area contributed by atoms with Crippen LogP contribution in [-0.4, -0.2) is 42.5 Å². The summed E-state index contributed by atoms with van der Waals surface area (Å²) in [6, 6.07) is 9.60. The van der Waals surface area contributed by atoms with Crippen molar-refractivity contribution in [3.8, 4) is 11.5 Å². The third kappa shape index (κ3) is 3.91. The molecule has 0 radical (unpaired) electrons. The molecule has 0 fully saturated rings. The molecule has 1 aliphatic heterocycles. The molecule has 0 unspecified atom stereocenters. The molecule has 0 spiro atoms. The monoisotopic (exact) mass is 385 g/mol. The summed E-state index contributed by atoms with van der Waals surface area (Å²) in [7, 11) is 3.20. The molecular weight excluding hydrogens is 362 g/mol. The van der Waals surface area contributed by atoms with Gasteiger partial charge in [-0.3, -0.25) is 19.8 Å². The van der Waals surface area contributed by atoms with Gasteiger partial charge in [-0.25, -0.2) is 0 Å². The Bertz CT molecular complexity index is 899. The van der Waals surface area contributed by atoms with Gasteiger partial charge in [0, 0.05) is 19.2 Å². The normalized spacial score (nSPS) is 14.7. The fourth-order valence-electron chi connectivity index (χ4n) is 3.38. The van der Waals surface area contributed by atoms with Gasteiger partial charge in [0.2, 0.25) is 5.91 Å². The van der Waals surface area contributed by atoms with Gasteiger partial charge in [0.1, 0.15) is 5.69 Å². The van der Waals surface area contributed by atoms with E-state index in [1.54, 1.807) is 33.3 Å². The van der Waals surface area contributed by atoms with E-state index >= 15 is 0 Å². The zero-order valence-corrected chi connectivity index (χ0v) is 16.1. The van der Waals surface area contributed by atoms with Crippen LogP contribution in [0.1, 0.15) is 18.1 Å². The number of nitro benzene ring substituents is 1. The Kier molecular flexibility index (Phi) is 5.79. The summed E-state index contributed by atoms with van der Waals surface area (Å²) in [5.41, 5.74) is 2.33. The van der Waals surface area contributed by atoms with Crippen molar-refractivity contribution < 1.29 is 19.2 Å². The second-order valence-corrected chi connectivity index (χ2v) is 6.64. The van der Waals surface area contributed by atoms with Gasteiger partial charge in [-0.1, -0.05) is 12.1 Å². The fourth-order valence-corrected chi connectivity index (χ4v) is 3.38. The summed E-state index contributed by atoms with van der Waals surface area (Å²) in [5, 5.41) is 13.8. The Morgan fingerprint density at radius 3 is 2.46 bits per heavy atom. The van der Waals surface area contributed by atoms with E-state index in [2.05, 4.69) is 5.32 Å². The lowest BCUT2D eigenvalue weighted by Gasteiger charge is -2.33. The lowest BCUT2D eigenvalue weighted by atomic mass is 9.97. The summed E-state index contributed by atoms with van der Waals surface area (Å²) in [6.07, 6.45) is 0.777. The van der Waals surface area contributed by atoms with Crippen LogP contribution in [-0.2, 0) is 17.8 Å². The number of para-hydroxylation sites is 2. The van der Waals surface area contributed by atoms with Crippen LogP contribution in [0.25, 0.3) is 0 Å². The van der Waals surface area contributed by atoms with Crippen LogP contribution in [0.4, 0.5) is 11.4 Å². The predicted molar refractivity (Wildman–Crippen MR) is 105 cm³/mol. The van der Waals surface area contributed by atoms with Crippen molar-refractivity contribution in [2.24, 2.45) is 0 Å². The SMILES string of the molecule is COc1cc2c(cc1OC)CN([C@H](C)C(=O)Nc1ccccc1[N+](=O)[O-])CC2. The molecule has 0 aliphatic carbocycles. The number of nitrogens with one attached hydrogen (secondary N) is 1.